The molecule has 1 aromatic carbocycles. The molecule has 0 atom stereocenters. The van der Waals surface area contributed by atoms with E-state index in [9.17, 15) is 38.8 Å². The Balaban J connectivity index is 4.12. The van der Waals surface area contributed by atoms with Crippen molar-refractivity contribution in [3.8, 4) is 0 Å². The lowest BCUT2D eigenvalue weighted by Crippen LogP contribution is -2.10. The second-order valence-corrected chi connectivity index (χ2v) is 4.84. The fourth-order valence-electron chi connectivity index (χ4n) is 1.57. The van der Waals surface area contributed by atoms with E-state index in [1.165, 1.54) is 0 Å². The summed E-state index contributed by atoms with van der Waals surface area (Å²) in [6.07, 6.45) is 0. The summed E-state index contributed by atoms with van der Waals surface area (Å²) in [5.41, 5.74) is -5.06. The lowest BCUT2D eigenvalue weighted by atomic mass is 10.1. The van der Waals surface area contributed by atoms with Gasteiger partial charge in [-0.3, -0.25) is 34.9 Å². The third kappa shape index (κ3) is 2.52. The zero-order valence-electron chi connectivity index (χ0n) is 9.54. The largest absolute Gasteiger partial charge is 0.423 e. The van der Waals surface area contributed by atoms with Crippen LogP contribution in [0.5, 0.6) is 0 Å². The maximum atomic E-state index is 11.1. The quantitative estimate of drug-likeness (QED) is 0.480. The van der Waals surface area contributed by atoms with Gasteiger partial charge in [0.2, 0.25) is 0 Å². The summed E-state index contributed by atoms with van der Waals surface area (Å²) in [6.45, 7) is 0.923. The van der Waals surface area contributed by atoms with Crippen molar-refractivity contribution in [3.63, 3.8) is 0 Å². The van der Waals surface area contributed by atoms with Gasteiger partial charge in [-0.05, 0) is 12.5 Å². The summed E-state index contributed by atoms with van der Waals surface area (Å²) >= 11 is 0. The van der Waals surface area contributed by atoms with Crippen LogP contribution in [-0.4, -0.2) is 27.7 Å². The molecule has 0 saturated heterocycles. The van der Waals surface area contributed by atoms with Crippen LogP contribution in [0.4, 0.5) is 17.1 Å². The minimum absolute atomic E-state index is 0.467. The molecule has 0 aliphatic rings. The summed E-state index contributed by atoms with van der Waals surface area (Å²) in [5, 5.41) is 32.3. The Kier molecular flexibility index (Phi) is 3.68. The number of nitro benzene ring substituents is 3. The van der Waals surface area contributed by atoms with Crippen molar-refractivity contribution in [2.75, 3.05) is 0 Å². The van der Waals surface area contributed by atoms with E-state index in [0.717, 1.165) is 6.92 Å². The van der Waals surface area contributed by atoms with Gasteiger partial charge < -0.3 is 0 Å². The third-order valence-corrected chi connectivity index (χ3v) is 3.24. The number of nitro groups is 3. The van der Waals surface area contributed by atoms with Crippen molar-refractivity contribution < 1.29 is 27.7 Å². The van der Waals surface area contributed by atoms with Crippen LogP contribution >= 0.6 is 0 Å². The van der Waals surface area contributed by atoms with E-state index < -0.39 is 52.4 Å². The molecule has 1 aromatic rings. The van der Waals surface area contributed by atoms with E-state index in [4.69, 9.17) is 4.55 Å². The van der Waals surface area contributed by atoms with Crippen LogP contribution in [0, 0.1) is 37.3 Å². The second kappa shape index (κ2) is 4.78. The van der Waals surface area contributed by atoms with E-state index in [-0.39, 0.29) is 0 Å². The Labute approximate surface area is 109 Å². The Morgan fingerprint density at radius 1 is 1.00 bits per heavy atom. The van der Waals surface area contributed by atoms with E-state index in [2.05, 4.69) is 0 Å². The number of hydrogen-bond acceptors (Lipinski definition) is 8. The van der Waals surface area contributed by atoms with Gasteiger partial charge in [0.1, 0.15) is 0 Å². The van der Waals surface area contributed by atoms with Crippen LogP contribution in [0.2, 0.25) is 0 Å². The third-order valence-electron chi connectivity index (χ3n) is 2.21. The number of hydrogen-bond donors (Lipinski definition) is 1. The summed E-state index contributed by atoms with van der Waals surface area (Å²) in [4.78, 5) is 26.7. The zero-order chi connectivity index (χ0) is 15.8. The zero-order valence-corrected chi connectivity index (χ0v) is 10.4. The van der Waals surface area contributed by atoms with Crippen LogP contribution in [0.25, 0.3) is 0 Å². The highest BCUT2D eigenvalue weighted by Gasteiger charge is 2.43. The average Bonchev–Trinajstić information content (AvgIpc) is 2.24. The Bertz CT molecular complexity index is 738. The van der Waals surface area contributed by atoms with Crippen LogP contribution < -0.4 is 0 Å². The van der Waals surface area contributed by atoms with Crippen molar-refractivity contribution in [1.29, 1.82) is 0 Å². The first-order valence-corrected chi connectivity index (χ1v) is 6.00. The standard InChI is InChI=1S/C7H5N3O9S/c1-3-2-4(8(11)12)5(9(13)14)6(10(15)16)7(3)20(17,18)19/h2H,1H3,(H,17,18,19). The minimum atomic E-state index is -5.18. The molecule has 108 valence electrons. The molecule has 13 heteroatoms. The van der Waals surface area contributed by atoms with Crippen molar-refractivity contribution in [2.24, 2.45) is 0 Å². The lowest BCUT2D eigenvalue weighted by molar-refractivity contribution is -0.442. The van der Waals surface area contributed by atoms with E-state index in [0.29, 0.717) is 6.07 Å². The van der Waals surface area contributed by atoms with Gasteiger partial charge in [-0.1, -0.05) is 0 Å². The number of nitrogens with zero attached hydrogens (tertiary/aromatic N) is 3. The summed E-state index contributed by atoms with van der Waals surface area (Å²) in [6, 6.07) is 0.467. The monoisotopic (exact) mass is 307 g/mol. The molecule has 1 rings (SSSR count). The minimum Gasteiger partial charge on any atom is -0.282 e. The summed E-state index contributed by atoms with van der Waals surface area (Å²) in [5.74, 6) is 0. The predicted molar refractivity (Wildman–Crippen MR) is 61.0 cm³/mol. The number of aryl methyl sites for hydroxylation is 1. The molecule has 0 aromatic heterocycles. The van der Waals surface area contributed by atoms with E-state index in [1.807, 2.05) is 0 Å². The Morgan fingerprint density at radius 3 is 1.75 bits per heavy atom. The van der Waals surface area contributed by atoms with Crippen molar-refractivity contribution in [2.45, 2.75) is 11.8 Å². The van der Waals surface area contributed by atoms with Crippen molar-refractivity contribution in [1.82, 2.24) is 0 Å². The van der Waals surface area contributed by atoms with Crippen LogP contribution in [0.15, 0.2) is 11.0 Å². The Morgan fingerprint density at radius 2 is 1.45 bits per heavy atom. The van der Waals surface area contributed by atoms with Gasteiger partial charge in [0, 0.05) is 6.07 Å². The highest BCUT2D eigenvalue weighted by Crippen LogP contribution is 2.42. The van der Waals surface area contributed by atoms with Gasteiger partial charge in [-0.2, -0.15) is 8.42 Å². The van der Waals surface area contributed by atoms with Crippen LogP contribution in [0.3, 0.4) is 0 Å². The molecule has 0 heterocycles. The summed E-state index contributed by atoms with van der Waals surface area (Å²) < 4.78 is 31.1. The molecule has 1 N–H and O–H groups in total. The Hall–Kier alpha value is -2.67. The van der Waals surface area contributed by atoms with Crippen molar-refractivity contribution >= 4 is 27.2 Å². The van der Waals surface area contributed by atoms with E-state index >= 15 is 0 Å². The van der Waals surface area contributed by atoms with Gasteiger partial charge >= 0.3 is 27.2 Å². The first-order valence-electron chi connectivity index (χ1n) is 4.56. The highest BCUT2D eigenvalue weighted by molar-refractivity contribution is 7.86. The van der Waals surface area contributed by atoms with Gasteiger partial charge in [0.05, 0.1) is 14.8 Å². The topological polar surface area (TPSA) is 184 Å². The normalized spacial score (nSPS) is 11.1. The summed E-state index contributed by atoms with van der Waals surface area (Å²) in [7, 11) is -5.18. The maximum Gasteiger partial charge on any atom is 0.423 e. The molecule has 0 unspecified atom stereocenters. The molecule has 12 nitrogen and oxygen atoms in total. The molecular formula is C7H5N3O9S. The molecule has 0 aliphatic heterocycles. The smallest absolute Gasteiger partial charge is 0.282 e. The molecule has 0 bridgehead atoms. The molecule has 0 saturated carbocycles. The fourth-order valence-corrected chi connectivity index (χ4v) is 2.45. The fraction of sp³-hybridized carbons (Fsp3) is 0.143. The SMILES string of the molecule is Cc1cc([N+](=O)[O-])c([N+](=O)[O-])c([N+](=O)[O-])c1S(=O)(=O)O. The van der Waals surface area contributed by atoms with Crippen molar-refractivity contribution in [3.05, 3.63) is 42.0 Å². The molecule has 0 amide bonds. The highest BCUT2D eigenvalue weighted by atomic mass is 32.2. The van der Waals surface area contributed by atoms with Gasteiger partial charge in [-0.15, -0.1) is 0 Å². The lowest BCUT2D eigenvalue weighted by Gasteiger charge is -2.04. The van der Waals surface area contributed by atoms with E-state index in [1.54, 1.807) is 0 Å². The van der Waals surface area contributed by atoms with Crippen LogP contribution in [-0.2, 0) is 10.1 Å². The van der Waals surface area contributed by atoms with Crippen LogP contribution in [0.1, 0.15) is 5.56 Å². The molecule has 0 radical (unpaired) electrons. The van der Waals surface area contributed by atoms with Gasteiger partial charge in [-0.25, -0.2) is 0 Å². The predicted octanol–water partition coefficient (Wildman–Crippen LogP) is 0.966. The average molecular weight is 307 g/mol. The molecule has 0 spiro atoms. The molecular weight excluding hydrogens is 302 g/mol. The maximum absolute atomic E-state index is 11.1. The number of rotatable bonds is 4. The molecule has 0 fully saturated rings. The van der Waals surface area contributed by atoms with Gasteiger partial charge in [0.25, 0.3) is 0 Å². The molecule has 20 heavy (non-hydrogen) atoms. The molecule has 0 aliphatic carbocycles. The second-order valence-electron chi connectivity index (χ2n) is 3.49. The van der Waals surface area contributed by atoms with Gasteiger partial charge in [0.15, 0.2) is 4.90 Å². The number of benzene rings is 1. The first kappa shape index (κ1) is 15.4. The first-order chi connectivity index (χ1) is 8.98.